The largest absolute Gasteiger partial charge is 0.455 e. The summed E-state index contributed by atoms with van der Waals surface area (Å²) in [7, 11) is 0. The maximum absolute atomic E-state index is 12.2. The second-order valence-electron chi connectivity index (χ2n) is 7.74. The molecule has 1 aliphatic rings. The van der Waals surface area contributed by atoms with E-state index in [2.05, 4.69) is 20.8 Å². The molecule has 0 atom stereocenters. The predicted octanol–water partition coefficient (Wildman–Crippen LogP) is 3.40. The number of thioether (sulfide) groups is 1. The zero-order valence-corrected chi connectivity index (χ0v) is 19.9. The monoisotopic (exact) mass is 499 g/mol. The van der Waals surface area contributed by atoms with Crippen LogP contribution in [0.2, 0.25) is 5.02 Å². The standard InChI is InChI=1S/C23H22ClN5O4S/c1-14-5-8-18(10-19(14)24)29-13-25-28-23(29)34-12-21(31)33-11-20(30)26-17-4-2-3-15(9-17)22(32)27-16-6-7-16/h2-5,8-10,13,16H,6-7,11-12H2,1H3,(H,26,30)(H,27,32). The van der Waals surface area contributed by atoms with Crippen molar-refractivity contribution in [2.24, 2.45) is 0 Å². The van der Waals surface area contributed by atoms with Crippen LogP contribution in [0.5, 0.6) is 0 Å². The summed E-state index contributed by atoms with van der Waals surface area (Å²) in [5.41, 5.74) is 2.62. The van der Waals surface area contributed by atoms with Gasteiger partial charge in [-0.15, -0.1) is 10.2 Å². The topological polar surface area (TPSA) is 115 Å². The average Bonchev–Trinajstić information content (AvgIpc) is 3.51. The number of amides is 2. The van der Waals surface area contributed by atoms with Gasteiger partial charge in [-0.1, -0.05) is 35.5 Å². The first-order chi connectivity index (χ1) is 16.4. The number of hydrogen-bond acceptors (Lipinski definition) is 7. The van der Waals surface area contributed by atoms with Crippen LogP contribution >= 0.6 is 23.4 Å². The van der Waals surface area contributed by atoms with Crippen LogP contribution in [0.15, 0.2) is 53.9 Å². The van der Waals surface area contributed by atoms with E-state index in [1.54, 1.807) is 34.9 Å². The van der Waals surface area contributed by atoms with E-state index in [1.807, 2.05) is 19.1 Å². The number of carbonyl (C=O) groups excluding carboxylic acids is 3. The molecular formula is C23H22ClN5O4S. The van der Waals surface area contributed by atoms with Gasteiger partial charge in [0.15, 0.2) is 11.8 Å². The summed E-state index contributed by atoms with van der Waals surface area (Å²) in [5, 5.41) is 14.5. The highest BCUT2D eigenvalue weighted by Crippen LogP contribution is 2.24. The van der Waals surface area contributed by atoms with Crippen LogP contribution in [0.1, 0.15) is 28.8 Å². The number of anilines is 1. The van der Waals surface area contributed by atoms with Crippen molar-refractivity contribution in [3.8, 4) is 5.69 Å². The number of nitrogens with one attached hydrogen (secondary N) is 2. The van der Waals surface area contributed by atoms with Crippen LogP contribution in [-0.4, -0.2) is 50.9 Å². The number of halogens is 1. The number of ether oxygens (including phenoxy) is 1. The molecule has 1 aliphatic carbocycles. The molecule has 0 radical (unpaired) electrons. The second kappa shape index (κ2) is 10.7. The van der Waals surface area contributed by atoms with E-state index in [1.165, 1.54) is 6.33 Å². The second-order valence-corrected chi connectivity index (χ2v) is 9.09. The Bertz CT molecular complexity index is 1230. The van der Waals surface area contributed by atoms with Gasteiger partial charge in [-0.05, 0) is 55.7 Å². The van der Waals surface area contributed by atoms with Gasteiger partial charge in [0.05, 0.1) is 11.4 Å². The number of aryl methyl sites for hydroxylation is 1. The van der Waals surface area contributed by atoms with Crippen molar-refractivity contribution >= 4 is 46.8 Å². The van der Waals surface area contributed by atoms with Crippen LogP contribution in [0.3, 0.4) is 0 Å². The molecule has 9 nitrogen and oxygen atoms in total. The first-order valence-electron chi connectivity index (χ1n) is 10.5. The molecule has 1 heterocycles. The van der Waals surface area contributed by atoms with Crippen molar-refractivity contribution in [1.29, 1.82) is 0 Å². The number of rotatable bonds is 9. The molecule has 0 spiro atoms. The molecular weight excluding hydrogens is 478 g/mol. The molecule has 0 aliphatic heterocycles. The van der Waals surface area contributed by atoms with E-state index in [0.717, 1.165) is 35.9 Å². The van der Waals surface area contributed by atoms with E-state index in [0.29, 0.717) is 21.4 Å². The fourth-order valence-corrected chi connectivity index (χ4v) is 3.88. The number of hydrogen-bond donors (Lipinski definition) is 2. The third kappa shape index (κ3) is 6.36. The molecule has 0 saturated heterocycles. The molecule has 1 saturated carbocycles. The zero-order chi connectivity index (χ0) is 24.1. The average molecular weight is 500 g/mol. The molecule has 0 bridgehead atoms. The summed E-state index contributed by atoms with van der Waals surface area (Å²) in [6.07, 6.45) is 3.51. The van der Waals surface area contributed by atoms with Crippen LogP contribution in [-0.2, 0) is 14.3 Å². The molecule has 4 rings (SSSR count). The lowest BCUT2D eigenvalue weighted by Crippen LogP contribution is -2.25. The minimum absolute atomic E-state index is 0.0532. The summed E-state index contributed by atoms with van der Waals surface area (Å²) < 4.78 is 6.77. The summed E-state index contributed by atoms with van der Waals surface area (Å²) in [4.78, 5) is 36.5. The number of carbonyl (C=O) groups is 3. The van der Waals surface area contributed by atoms with Crippen LogP contribution in [0.25, 0.3) is 5.69 Å². The predicted molar refractivity (Wildman–Crippen MR) is 128 cm³/mol. The zero-order valence-electron chi connectivity index (χ0n) is 18.3. The Morgan fingerprint density at radius 1 is 1.21 bits per heavy atom. The van der Waals surface area contributed by atoms with E-state index < -0.39 is 18.5 Å². The SMILES string of the molecule is Cc1ccc(-n2cnnc2SCC(=O)OCC(=O)Nc2cccc(C(=O)NC3CC3)c2)cc1Cl. The first-order valence-corrected chi connectivity index (χ1v) is 11.9. The molecule has 0 unspecified atom stereocenters. The minimum atomic E-state index is -0.575. The summed E-state index contributed by atoms with van der Waals surface area (Å²) >= 11 is 7.33. The number of nitrogens with zero attached hydrogens (tertiary/aromatic N) is 3. The van der Waals surface area contributed by atoms with Crippen LogP contribution in [0, 0.1) is 6.92 Å². The normalized spacial score (nSPS) is 12.8. The van der Waals surface area contributed by atoms with E-state index in [9.17, 15) is 14.4 Å². The Hall–Kier alpha value is -3.37. The molecule has 11 heteroatoms. The quantitative estimate of drug-likeness (QED) is 0.342. The van der Waals surface area contributed by atoms with Gasteiger partial charge in [0.25, 0.3) is 11.8 Å². The molecule has 2 N–H and O–H groups in total. The smallest absolute Gasteiger partial charge is 0.316 e. The number of esters is 1. The van der Waals surface area contributed by atoms with Crippen LogP contribution in [0.4, 0.5) is 5.69 Å². The lowest BCUT2D eigenvalue weighted by Gasteiger charge is -2.09. The highest BCUT2D eigenvalue weighted by atomic mass is 35.5. The van der Waals surface area contributed by atoms with Crippen LogP contribution < -0.4 is 10.6 Å². The van der Waals surface area contributed by atoms with Crippen molar-refractivity contribution in [3.63, 3.8) is 0 Å². The Labute approximate surface area is 205 Å². The Morgan fingerprint density at radius 3 is 2.79 bits per heavy atom. The van der Waals surface area contributed by atoms with E-state index >= 15 is 0 Å². The van der Waals surface area contributed by atoms with E-state index in [4.69, 9.17) is 16.3 Å². The highest BCUT2D eigenvalue weighted by molar-refractivity contribution is 7.99. The lowest BCUT2D eigenvalue weighted by atomic mass is 10.2. The lowest BCUT2D eigenvalue weighted by molar-refractivity contribution is -0.144. The van der Waals surface area contributed by atoms with E-state index in [-0.39, 0.29) is 17.7 Å². The minimum Gasteiger partial charge on any atom is -0.455 e. The molecule has 1 fully saturated rings. The fraction of sp³-hybridized carbons (Fsp3) is 0.261. The summed E-state index contributed by atoms with van der Waals surface area (Å²) in [6.45, 7) is 1.46. The molecule has 2 amide bonds. The third-order valence-corrected chi connectivity index (χ3v) is 6.28. The number of aromatic nitrogens is 3. The van der Waals surface area contributed by atoms with Crippen molar-refractivity contribution in [3.05, 3.63) is 64.9 Å². The van der Waals surface area contributed by atoms with Gasteiger partial charge >= 0.3 is 5.97 Å². The van der Waals surface area contributed by atoms with Crippen molar-refractivity contribution in [2.45, 2.75) is 31.0 Å². The Morgan fingerprint density at radius 2 is 2.03 bits per heavy atom. The van der Waals surface area contributed by atoms with Gasteiger partial charge in [0.2, 0.25) is 0 Å². The van der Waals surface area contributed by atoms with Gasteiger partial charge in [0, 0.05) is 22.3 Å². The molecule has 1 aromatic heterocycles. The Balaban J connectivity index is 1.25. The molecule has 3 aromatic rings. The van der Waals surface area contributed by atoms with Gasteiger partial charge in [-0.2, -0.15) is 0 Å². The third-order valence-electron chi connectivity index (χ3n) is 4.95. The molecule has 176 valence electrons. The first kappa shape index (κ1) is 23.8. The number of benzene rings is 2. The fourth-order valence-electron chi connectivity index (χ4n) is 2.97. The molecule has 2 aromatic carbocycles. The Kier molecular flexibility index (Phi) is 7.49. The van der Waals surface area contributed by atoms with Crippen molar-refractivity contribution in [1.82, 2.24) is 20.1 Å². The van der Waals surface area contributed by atoms with Crippen molar-refractivity contribution < 1.29 is 19.1 Å². The summed E-state index contributed by atoms with van der Waals surface area (Å²) in [5.74, 6) is -1.31. The summed E-state index contributed by atoms with van der Waals surface area (Å²) in [6, 6.07) is 12.4. The van der Waals surface area contributed by atoms with Gasteiger partial charge in [-0.3, -0.25) is 19.0 Å². The van der Waals surface area contributed by atoms with Gasteiger partial charge in [0.1, 0.15) is 6.33 Å². The maximum atomic E-state index is 12.2. The van der Waals surface area contributed by atoms with Gasteiger partial charge in [-0.25, -0.2) is 0 Å². The van der Waals surface area contributed by atoms with Crippen molar-refractivity contribution in [2.75, 3.05) is 17.7 Å². The van der Waals surface area contributed by atoms with Gasteiger partial charge < -0.3 is 15.4 Å². The maximum Gasteiger partial charge on any atom is 0.316 e. The molecule has 34 heavy (non-hydrogen) atoms. The highest BCUT2D eigenvalue weighted by Gasteiger charge is 2.23.